The van der Waals surface area contributed by atoms with E-state index in [9.17, 15) is 0 Å². The van der Waals surface area contributed by atoms with E-state index in [0.717, 1.165) is 12.5 Å². The quantitative estimate of drug-likeness (QED) is 0.885. The van der Waals surface area contributed by atoms with E-state index in [1.807, 2.05) is 0 Å². The number of rotatable bonds is 3. The van der Waals surface area contributed by atoms with Crippen LogP contribution in [0.2, 0.25) is 0 Å². The lowest BCUT2D eigenvalue weighted by Gasteiger charge is -2.41. The van der Waals surface area contributed by atoms with Crippen molar-refractivity contribution in [2.24, 2.45) is 11.7 Å². The van der Waals surface area contributed by atoms with Crippen molar-refractivity contribution in [3.05, 3.63) is 35.9 Å². The Kier molecular flexibility index (Phi) is 3.16. The Bertz CT molecular complexity index is 403. The smallest absolute Gasteiger partial charge is 0.0366 e. The maximum absolute atomic E-state index is 6.17. The van der Waals surface area contributed by atoms with Gasteiger partial charge in [-0.15, -0.1) is 0 Å². The highest BCUT2D eigenvalue weighted by molar-refractivity contribution is 5.21. The number of benzene rings is 1. The summed E-state index contributed by atoms with van der Waals surface area (Å²) in [4.78, 5) is 2.69. The van der Waals surface area contributed by atoms with Crippen LogP contribution in [0.15, 0.2) is 30.3 Å². The molecule has 3 atom stereocenters. The molecule has 0 radical (unpaired) electrons. The molecule has 0 unspecified atom stereocenters. The molecular weight excluding hydrogens is 220 g/mol. The molecule has 2 aliphatic rings. The van der Waals surface area contributed by atoms with Crippen LogP contribution in [0.25, 0.3) is 0 Å². The molecule has 2 fully saturated rings. The van der Waals surface area contributed by atoms with Gasteiger partial charge in [0, 0.05) is 18.1 Å². The lowest BCUT2D eigenvalue weighted by Crippen LogP contribution is -2.51. The number of hydrogen-bond acceptors (Lipinski definition) is 2. The van der Waals surface area contributed by atoms with Gasteiger partial charge in [0.25, 0.3) is 0 Å². The first kappa shape index (κ1) is 12.2. The van der Waals surface area contributed by atoms with E-state index in [0.29, 0.717) is 11.6 Å². The molecule has 2 N–H and O–H groups in total. The van der Waals surface area contributed by atoms with Crippen LogP contribution >= 0.6 is 0 Å². The van der Waals surface area contributed by atoms with Crippen LogP contribution in [0.5, 0.6) is 0 Å². The van der Waals surface area contributed by atoms with Crippen molar-refractivity contribution in [1.82, 2.24) is 4.90 Å². The highest BCUT2D eigenvalue weighted by atomic mass is 15.3. The standard InChI is InChI=1S/C16H24N2/c1-13(14-6-3-2-4-7-14)18-11-9-15-8-5-10-16(15,18)12-17/h2-4,6-7,13,15H,5,8-12,17H2,1H3/t13-,15+,16-/m0/s1. The Hall–Kier alpha value is -0.860. The molecule has 1 saturated carbocycles. The van der Waals surface area contributed by atoms with Crippen LogP contribution in [0, 0.1) is 5.92 Å². The summed E-state index contributed by atoms with van der Waals surface area (Å²) in [6.45, 7) is 4.39. The zero-order valence-corrected chi connectivity index (χ0v) is 11.3. The monoisotopic (exact) mass is 244 g/mol. The molecule has 2 heteroatoms. The lowest BCUT2D eigenvalue weighted by atomic mass is 9.87. The SMILES string of the molecule is C[C@@H](c1ccccc1)N1CC[C@H]2CCC[C@]21CN. The molecule has 1 heterocycles. The van der Waals surface area contributed by atoms with Crippen molar-refractivity contribution in [3.8, 4) is 0 Å². The molecule has 18 heavy (non-hydrogen) atoms. The summed E-state index contributed by atoms with van der Waals surface area (Å²) in [6, 6.07) is 11.4. The number of likely N-dealkylation sites (tertiary alicyclic amines) is 1. The van der Waals surface area contributed by atoms with Gasteiger partial charge in [0.15, 0.2) is 0 Å². The summed E-state index contributed by atoms with van der Waals surface area (Å²) in [5, 5.41) is 0. The van der Waals surface area contributed by atoms with Crippen LogP contribution in [-0.2, 0) is 0 Å². The Balaban J connectivity index is 1.88. The van der Waals surface area contributed by atoms with E-state index in [4.69, 9.17) is 5.73 Å². The minimum absolute atomic E-state index is 0.301. The van der Waals surface area contributed by atoms with E-state index in [2.05, 4.69) is 42.2 Å². The molecule has 1 aliphatic heterocycles. The van der Waals surface area contributed by atoms with Gasteiger partial charge in [0.1, 0.15) is 0 Å². The van der Waals surface area contributed by atoms with Crippen molar-refractivity contribution < 1.29 is 0 Å². The van der Waals surface area contributed by atoms with Gasteiger partial charge in [-0.2, -0.15) is 0 Å². The third kappa shape index (κ3) is 1.70. The summed E-state index contributed by atoms with van der Waals surface area (Å²) in [6.07, 6.45) is 5.38. The number of nitrogens with two attached hydrogens (primary N) is 1. The van der Waals surface area contributed by atoms with Crippen molar-refractivity contribution in [1.29, 1.82) is 0 Å². The van der Waals surface area contributed by atoms with E-state index in [-0.39, 0.29) is 0 Å². The predicted molar refractivity (Wildman–Crippen MR) is 75.3 cm³/mol. The van der Waals surface area contributed by atoms with E-state index >= 15 is 0 Å². The van der Waals surface area contributed by atoms with Gasteiger partial charge in [0.05, 0.1) is 0 Å². The van der Waals surface area contributed by atoms with Crippen LogP contribution in [0.1, 0.15) is 44.2 Å². The zero-order chi connectivity index (χ0) is 12.6. The summed E-state index contributed by atoms with van der Waals surface area (Å²) in [5.74, 6) is 0.841. The van der Waals surface area contributed by atoms with Crippen molar-refractivity contribution in [2.45, 2.75) is 44.2 Å². The topological polar surface area (TPSA) is 29.3 Å². The summed E-state index contributed by atoms with van der Waals surface area (Å²) >= 11 is 0. The molecule has 1 aliphatic carbocycles. The number of fused-ring (bicyclic) bond motifs is 1. The molecule has 1 aromatic rings. The van der Waals surface area contributed by atoms with Crippen molar-refractivity contribution in [2.75, 3.05) is 13.1 Å². The average molecular weight is 244 g/mol. The van der Waals surface area contributed by atoms with Crippen molar-refractivity contribution >= 4 is 0 Å². The highest BCUT2D eigenvalue weighted by Gasteiger charge is 2.51. The Morgan fingerprint density at radius 2 is 2.11 bits per heavy atom. The van der Waals surface area contributed by atoms with Gasteiger partial charge < -0.3 is 5.73 Å². The van der Waals surface area contributed by atoms with Gasteiger partial charge in [-0.25, -0.2) is 0 Å². The molecule has 98 valence electrons. The highest BCUT2D eigenvalue weighted by Crippen LogP contribution is 2.49. The third-order valence-electron chi connectivity index (χ3n) is 5.32. The molecule has 3 rings (SSSR count). The zero-order valence-electron chi connectivity index (χ0n) is 11.3. The first-order valence-electron chi connectivity index (χ1n) is 7.30. The summed E-state index contributed by atoms with van der Waals surface area (Å²) < 4.78 is 0. The van der Waals surface area contributed by atoms with Crippen LogP contribution in [-0.4, -0.2) is 23.5 Å². The van der Waals surface area contributed by atoms with Crippen LogP contribution < -0.4 is 5.73 Å². The van der Waals surface area contributed by atoms with Gasteiger partial charge >= 0.3 is 0 Å². The Labute approximate surface area is 110 Å². The van der Waals surface area contributed by atoms with Crippen LogP contribution in [0.3, 0.4) is 0 Å². The summed E-state index contributed by atoms with van der Waals surface area (Å²) in [5.41, 5.74) is 7.90. The van der Waals surface area contributed by atoms with E-state index in [1.54, 1.807) is 0 Å². The fourth-order valence-electron chi connectivity index (χ4n) is 4.31. The second kappa shape index (κ2) is 4.67. The Morgan fingerprint density at radius 1 is 1.33 bits per heavy atom. The first-order chi connectivity index (χ1) is 8.78. The van der Waals surface area contributed by atoms with E-state index in [1.165, 1.54) is 37.8 Å². The molecule has 0 aromatic heterocycles. The minimum Gasteiger partial charge on any atom is -0.329 e. The maximum Gasteiger partial charge on any atom is 0.0366 e. The molecular formula is C16H24N2. The number of hydrogen-bond donors (Lipinski definition) is 1. The molecule has 2 nitrogen and oxygen atoms in total. The van der Waals surface area contributed by atoms with Crippen molar-refractivity contribution in [3.63, 3.8) is 0 Å². The summed E-state index contributed by atoms with van der Waals surface area (Å²) in [7, 11) is 0. The number of nitrogens with zero attached hydrogens (tertiary/aromatic N) is 1. The molecule has 0 spiro atoms. The molecule has 1 aromatic carbocycles. The largest absolute Gasteiger partial charge is 0.329 e. The van der Waals surface area contributed by atoms with Gasteiger partial charge in [-0.3, -0.25) is 4.90 Å². The van der Waals surface area contributed by atoms with Crippen LogP contribution in [0.4, 0.5) is 0 Å². The lowest BCUT2D eigenvalue weighted by molar-refractivity contribution is 0.0856. The second-order valence-corrected chi connectivity index (χ2v) is 5.97. The normalized spacial score (nSPS) is 33.6. The van der Waals surface area contributed by atoms with Gasteiger partial charge in [-0.05, 0) is 44.2 Å². The predicted octanol–water partition coefficient (Wildman–Crippen LogP) is 2.95. The minimum atomic E-state index is 0.301. The fourth-order valence-corrected chi connectivity index (χ4v) is 4.31. The molecule has 0 amide bonds. The molecule has 0 bridgehead atoms. The third-order valence-corrected chi connectivity index (χ3v) is 5.32. The second-order valence-electron chi connectivity index (χ2n) is 5.97. The van der Waals surface area contributed by atoms with Gasteiger partial charge in [0.2, 0.25) is 0 Å². The van der Waals surface area contributed by atoms with E-state index < -0.39 is 0 Å². The van der Waals surface area contributed by atoms with Gasteiger partial charge in [-0.1, -0.05) is 36.8 Å². The Morgan fingerprint density at radius 3 is 2.83 bits per heavy atom. The fraction of sp³-hybridized carbons (Fsp3) is 0.625. The molecule has 1 saturated heterocycles. The first-order valence-corrected chi connectivity index (χ1v) is 7.30. The average Bonchev–Trinajstić information content (AvgIpc) is 2.97. The maximum atomic E-state index is 6.17.